The fourth-order valence-corrected chi connectivity index (χ4v) is 2.50. The maximum Gasteiger partial charge on any atom is 0.306 e. The van der Waals surface area contributed by atoms with E-state index in [2.05, 4.69) is 5.32 Å². The van der Waals surface area contributed by atoms with Crippen molar-refractivity contribution in [1.82, 2.24) is 10.2 Å². The van der Waals surface area contributed by atoms with Crippen LogP contribution in [-0.2, 0) is 14.4 Å². The lowest BCUT2D eigenvalue weighted by Crippen LogP contribution is -2.41. The van der Waals surface area contributed by atoms with Crippen LogP contribution in [0.4, 0.5) is 0 Å². The summed E-state index contributed by atoms with van der Waals surface area (Å²) in [5.41, 5.74) is -0.00527. The van der Waals surface area contributed by atoms with Crippen molar-refractivity contribution >= 4 is 17.8 Å². The summed E-state index contributed by atoms with van der Waals surface area (Å²) in [5.74, 6) is -2.47. The Kier molecular flexibility index (Phi) is 8.33. The lowest BCUT2D eigenvalue weighted by Gasteiger charge is -2.29. The van der Waals surface area contributed by atoms with E-state index < -0.39 is 17.9 Å². The maximum atomic E-state index is 12.2. The Balaban J connectivity index is 2.34. The second-order valence-electron chi connectivity index (χ2n) is 5.73. The number of carbonyl (C=O) groups excluding carboxylic acids is 1. The average molecular weight is 337 g/mol. The van der Waals surface area contributed by atoms with Crippen molar-refractivity contribution in [3.63, 3.8) is 0 Å². The minimum Gasteiger partial charge on any atom is -0.481 e. The molecule has 1 amide bonds. The summed E-state index contributed by atoms with van der Waals surface area (Å²) >= 11 is 0. The number of nitriles is 1. The molecule has 1 aliphatic heterocycles. The van der Waals surface area contributed by atoms with Gasteiger partial charge in [0.1, 0.15) is 11.6 Å². The molecule has 0 unspecified atom stereocenters. The monoisotopic (exact) mass is 337 g/mol. The second kappa shape index (κ2) is 10.3. The quantitative estimate of drug-likeness (QED) is 0.324. The number of carbonyl (C=O) groups is 3. The van der Waals surface area contributed by atoms with Crippen LogP contribution in [0.2, 0.25) is 0 Å². The zero-order chi connectivity index (χ0) is 17.9. The summed E-state index contributed by atoms with van der Waals surface area (Å²) in [5, 5.41) is 29.5. The first-order valence-corrected chi connectivity index (χ1v) is 8.03. The number of nitrogens with one attached hydrogen (secondary N) is 1. The first-order chi connectivity index (χ1) is 11.5. The van der Waals surface area contributed by atoms with Crippen LogP contribution in [0, 0.1) is 17.2 Å². The van der Waals surface area contributed by atoms with Crippen LogP contribution < -0.4 is 5.32 Å². The van der Waals surface area contributed by atoms with Crippen molar-refractivity contribution < 1.29 is 24.6 Å². The molecule has 1 saturated heterocycles. The SMILES string of the molecule is N#C/C(=C/NCCCCCC(=O)O)C(=O)N1CCC(C(=O)O)CC1. The van der Waals surface area contributed by atoms with Crippen molar-refractivity contribution in [1.29, 1.82) is 5.26 Å². The Labute approximate surface area is 140 Å². The number of likely N-dealkylation sites (tertiary alicyclic amines) is 1. The van der Waals surface area contributed by atoms with Gasteiger partial charge in [-0.3, -0.25) is 14.4 Å². The number of nitrogens with zero attached hydrogens (tertiary/aromatic N) is 2. The molecule has 132 valence electrons. The number of amides is 1. The van der Waals surface area contributed by atoms with E-state index in [9.17, 15) is 14.4 Å². The van der Waals surface area contributed by atoms with E-state index in [4.69, 9.17) is 15.5 Å². The maximum absolute atomic E-state index is 12.2. The number of carboxylic acid groups (broad SMARTS) is 2. The van der Waals surface area contributed by atoms with Crippen LogP contribution in [0.15, 0.2) is 11.8 Å². The third-order valence-corrected chi connectivity index (χ3v) is 3.94. The Morgan fingerprint density at radius 3 is 2.38 bits per heavy atom. The van der Waals surface area contributed by atoms with Crippen molar-refractivity contribution in [2.75, 3.05) is 19.6 Å². The second-order valence-corrected chi connectivity index (χ2v) is 5.73. The standard InChI is InChI=1S/C16H23N3O5/c17-10-13(11-18-7-3-1-2-4-14(20)21)15(22)19-8-5-12(6-9-19)16(23)24/h11-12,18H,1-9H2,(H,20,21)(H,23,24)/b13-11-. The Morgan fingerprint density at radius 2 is 1.83 bits per heavy atom. The lowest BCUT2D eigenvalue weighted by molar-refractivity contribution is -0.145. The number of carboxylic acids is 2. The molecule has 0 aromatic heterocycles. The van der Waals surface area contributed by atoms with E-state index in [0.29, 0.717) is 38.9 Å². The van der Waals surface area contributed by atoms with Gasteiger partial charge in [0.2, 0.25) is 0 Å². The molecule has 0 saturated carbocycles. The predicted molar refractivity (Wildman–Crippen MR) is 84.7 cm³/mol. The van der Waals surface area contributed by atoms with Gasteiger partial charge in [0.05, 0.1) is 5.92 Å². The highest BCUT2D eigenvalue weighted by Crippen LogP contribution is 2.18. The minimum absolute atomic E-state index is 0.00527. The number of unbranched alkanes of at least 4 members (excludes halogenated alkanes) is 2. The van der Waals surface area contributed by atoms with Gasteiger partial charge in [-0.05, 0) is 25.7 Å². The first-order valence-electron chi connectivity index (χ1n) is 8.03. The summed E-state index contributed by atoms with van der Waals surface area (Å²) < 4.78 is 0. The van der Waals surface area contributed by atoms with Crippen molar-refractivity contribution in [3.8, 4) is 6.07 Å². The fourth-order valence-electron chi connectivity index (χ4n) is 2.50. The van der Waals surface area contributed by atoms with E-state index in [1.54, 1.807) is 0 Å². The molecule has 3 N–H and O–H groups in total. The van der Waals surface area contributed by atoms with Gasteiger partial charge in [0.25, 0.3) is 5.91 Å². The van der Waals surface area contributed by atoms with Crippen LogP contribution in [0.5, 0.6) is 0 Å². The van der Waals surface area contributed by atoms with Crippen molar-refractivity contribution in [2.45, 2.75) is 38.5 Å². The van der Waals surface area contributed by atoms with E-state index in [1.807, 2.05) is 6.07 Å². The zero-order valence-electron chi connectivity index (χ0n) is 13.5. The summed E-state index contributed by atoms with van der Waals surface area (Å²) in [6, 6.07) is 1.86. The van der Waals surface area contributed by atoms with Crippen molar-refractivity contribution in [3.05, 3.63) is 11.8 Å². The summed E-state index contributed by atoms with van der Waals surface area (Å²) in [4.78, 5) is 35.0. The molecule has 8 heteroatoms. The van der Waals surface area contributed by atoms with Crippen LogP contribution in [-0.4, -0.2) is 52.6 Å². The van der Waals surface area contributed by atoms with Gasteiger partial charge in [-0.1, -0.05) is 6.42 Å². The van der Waals surface area contributed by atoms with Crippen LogP contribution in [0.1, 0.15) is 38.5 Å². The third-order valence-electron chi connectivity index (χ3n) is 3.94. The smallest absolute Gasteiger partial charge is 0.306 e. The Bertz CT molecular complexity index is 530. The summed E-state index contributed by atoms with van der Waals surface area (Å²) in [7, 11) is 0. The summed E-state index contributed by atoms with van der Waals surface area (Å²) in [6.45, 7) is 1.23. The molecule has 0 bridgehead atoms. The molecule has 0 aliphatic carbocycles. The average Bonchev–Trinajstić information content (AvgIpc) is 2.56. The molecule has 0 aromatic rings. The predicted octanol–water partition coefficient (Wildman–Crippen LogP) is 0.952. The first kappa shape index (κ1) is 19.5. The number of rotatable bonds is 9. The number of piperidine rings is 1. The fraction of sp³-hybridized carbons (Fsp3) is 0.625. The number of hydrogen-bond acceptors (Lipinski definition) is 5. The van der Waals surface area contributed by atoms with Crippen LogP contribution >= 0.6 is 0 Å². The van der Waals surface area contributed by atoms with Gasteiger partial charge < -0.3 is 20.4 Å². The van der Waals surface area contributed by atoms with Crippen molar-refractivity contribution in [2.24, 2.45) is 5.92 Å². The van der Waals surface area contributed by atoms with Crippen LogP contribution in [0.25, 0.3) is 0 Å². The van der Waals surface area contributed by atoms with E-state index in [1.165, 1.54) is 11.1 Å². The topological polar surface area (TPSA) is 131 Å². The molecule has 24 heavy (non-hydrogen) atoms. The largest absolute Gasteiger partial charge is 0.481 e. The minimum atomic E-state index is -0.845. The van der Waals surface area contributed by atoms with Gasteiger partial charge >= 0.3 is 11.9 Å². The lowest BCUT2D eigenvalue weighted by atomic mass is 9.97. The molecule has 0 radical (unpaired) electrons. The molecular weight excluding hydrogens is 314 g/mol. The molecule has 1 rings (SSSR count). The summed E-state index contributed by atoms with van der Waals surface area (Å²) in [6.07, 6.45) is 4.43. The van der Waals surface area contributed by atoms with Gasteiger partial charge in [-0.2, -0.15) is 5.26 Å². The number of aliphatic carboxylic acids is 2. The molecule has 0 spiro atoms. The normalized spacial score (nSPS) is 15.6. The van der Waals surface area contributed by atoms with E-state index >= 15 is 0 Å². The molecule has 1 heterocycles. The van der Waals surface area contributed by atoms with E-state index in [0.717, 1.165) is 12.8 Å². The zero-order valence-corrected chi connectivity index (χ0v) is 13.5. The number of hydrogen-bond donors (Lipinski definition) is 3. The Morgan fingerprint density at radius 1 is 1.17 bits per heavy atom. The molecule has 1 fully saturated rings. The van der Waals surface area contributed by atoms with Gasteiger partial charge in [0, 0.05) is 32.3 Å². The molecule has 1 aliphatic rings. The molecule has 0 atom stereocenters. The van der Waals surface area contributed by atoms with Gasteiger partial charge in [0.15, 0.2) is 0 Å². The highest BCUT2D eigenvalue weighted by Gasteiger charge is 2.28. The van der Waals surface area contributed by atoms with Crippen LogP contribution in [0.3, 0.4) is 0 Å². The third kappa shape index (κ3) is 6.69. The molecule has 0 aromatic carbocycles. The molecule has 8 nitrogen and oxygen atoms in total. The molecular formula is C16H23N3O5. The highest BCUT2D eigenvalue weighted by molar-refractivity contribution is 5.97. The van der Waals surface area contributed by atoms with Gasteiger partial charge in [-0.15, -0.1) is 0 Å². The Hall–Kier alpha value is -2.56. The highest BCUT2D eigenvalue weighted by atomic mass is 16.4. The van der Waals surface area contributed by atoms with Gasteiger partial charge in [-0.25, -0.2) is 0 Å². The van der Waals surface area contributed by atoms with E-state index in [-0.39, 0.29) is 17.9 Å².